The Bertz CT molecular complexity index is 1140. The van der Waals surface area contributed by atoms with Gasteiger partial charge in [-0.25, -0.2) is 0 Å². The maximum absolute atomic E-state index is 13.4. The largest absolute Gasteiger partial charge is 0.508 e. The van der Waals surface area contributed by atoms with Crippen LogP contribution < -0.4 is 10.6 Å². The fraction of sp³-hybridized carbons (Fsp3) is 0.562. The van der Waals surface area contributed by atoms with Crippen LogP contribution in [0.1, 0.15) is 74.4 Å². The number of nitrogens with one attached hydrogen (secondary N) is 2. The van der Waals surface area contributed by atoms with E-state index in [4.69, 9.17) is 0 Å². The number of rotatable bonds is 8. The van der Waals surface area contributed by atoms with Gasteiger partial charge in [-0.15, -0.1) is 0 Å². The van der Waals surface area contributed by atoms with Gasteiger partial charge in [-0.3, -0.25) is 14.5 Å². The molecule has 1 saturated heterocycles. The van der Waals surface area contributed by atoms with Gasteiger partial charge >= 0.3 is 0 Å². The average Bonchev–Trinajstić information content (AvgIpc) is 2.89. The van der Waals surface area contributed by atoms with Gasteiger partial charge in [-0.1, -0.05) is 55.7 Å². The summed E-state index contributed by atoms with van der Waals surface area (Å²) in [6, 6.07) is 13.8. The van der Waals surface area contributed by atoms with Crippen molar-refractivity contribution >= 4 is 11.8 Å². The standard InChI is InChI=1S/C32H45N3O4.Ac/c1-21-25(15-10-16-28(21)36)30(38)33-26(17-22-11-6-5-7-12-22)29(37)20-35-19-24-14-9-8-13-23(24)18-27(35)31(39)34-32(2,3)4;/h5-7,10-12,15-16,23-24,26-27,29,36-37H,8-9,13-14,17-20H2,1-4H3,(H,33,38)(H,34,39);. The van der Waals surface area contributed by atoms with Crippen molar-refractivity contribution in [3.8, 4) is 5.75 Å². The van der Waals surface area contributed by atoms with Crippen LogP contribution in [-0.4, -0.2) is 63.7 Å². The van der Waals surface area contributed by atoms with Crippen LogP contribution >= 0.6 is 0 Å². The molecule has 2 fully saturated rings. The quantitative estimate of drug-likeness (QED) is 0.324. The number of phenolic OH excluding ortho intramolecular Hbond substituents is 1. The smallest absolute Gasteiger partial charge is 0.252 e. The maximum Gasteiger partial charge on any atom is 0.252 e. The molecule has 4 N–H and O–H groups in total. The molecule has 1 aliphatic heterocycles. The molecule has 1 heterocycles. The third-order valence-electron chi connectivity index (χ3n) is 8.35. The first kappa shape index (κ1) is 33.0. The number of carbonyl (C=O) groups is 2. The molecular weight excluding hydrogens is 717 g/mol. The summed E-state index contributed by atoms with van der Waals surface area (Å²) in [7, 11) is 0. The summed E-state index contributed by atoms with van der Waals surface area (Å²) in [4.78, 5) is 28.9. The molecule has 215 valence electrons. The Morgan fingerprint density at radius 1 is 1.02 bits per heavy atom. The number of hydrogen-bond donors (Lipinski definition) is 4. The molecule has 40 heavy (non-hydrogen) atoms. The maximum atomic E-state index is 13.4. The number of phenols is 1. The molecule has 1 saturated carbocycles. The van der Waals surface area contributed by atoms with Crippen molar-refractivity contribution in [2.75, 3.05) is 13.1 Å². The van der Waals surface area contributed by atoms with E-state index in [9.17, 15) is 19.8 Å². The first-order chi connectivity index (χ1) is 18.5. The van der Waals surface area contributed by atoms with Crippen LogP contribution in [0.25, 0.3) is 0 Å². The predicted molar refractivity (Wildman–Crippen MR) is 154 cm³/mol. The normalized spacial score (nSPS) is 22.8. The summed E-state index contributed by atoms with van der Waals surface area (Å²) < 4.78 is 0. The van der Waals surface area contributed by atoms with Crippen molar-refractivity contribution in [1.29, 1.82) is 0 Å². The zero-order chi connectivity index (χ0) is 28.2. The van der Waals surface area contributed by atoms with Gasteiger partial charge in [0.25, 0.3) is 5.91 Å². The summed E-state index contributed by atoms with van der Waals surface area (Å²) in [6.45, 7) is 8.75. The van der Waals surface area contributed by atoms with Crippen LogP contribution in [0.4, 0.5) is 0 Å². The van der Waals surface area contributed by atoms with Crippen molar-refractivity contribution in [2.24, 2.45) is 11.8 Å². The van der Waals surface area contributed by atoms with E-state index in [0.717, 1.165) is 31.4 Å². The van der Waals surface area contributed by atoms with Crippen LogP contribution in [0.5, 0.6) is 5.75 Å². The van der Waals surface area contributed by atoms with Gasteiger partial charge in [0.05, 0.1) is 18.2 Å². The number of carbonyl (C=O) groups excluding carboxylic acids is 2. The summed E-state index contributed by atoms with van der Waals surface area (Å²) in [6.07, 6.45) is 5.12. The molecule has 2 aliphatic rings. The monoisotopic (exact) mass is 762 g/mol. The fourth-order valence-electron chi connectivity index (χ4n) is 6.26. The minimum Gasteiger partial charge on any atom is -0.508 e. The number of piperidine rings is 1. The Hall–Kier alpha value is -1.46. The molecule has 2 aromatic carbocycles. The second-order valence-corrected chi connectivity index (χ2v) is 12.5. The number of β-amino-alcohol motifs (C(OH)–C–C–N with tert-alkyl or cyclic N) is 1. The van der Waals surface area contributed by atoms with Crippen LogP contribution in [0.2, 0.25) is 0 Å². The van der Waals surface area contributed by atoms with Gasteiger partial charge in [0.2, 0.25) is 5.91 Å². The molecule has 1 aliphatic carbocycles. The second-order valence-electron chi connectivity index (χ2n) is 12.5. The van der Waals surface area contributed by atoms with E-state index in [2.05, 4.69) is 15.5 Å². The van der Waals surface area contributed by atoms with Crippen molar-refractivity contribution < 1.29 is 63.9 Å². The van der Waals surface area contributed by atoms with E-state index in [1.165, 1.54) is 12.8 Å². The summed E-state index contributed by atoms with van der Waals surface area (Å²) >= 11 is 0. The van der Waals surface area contributed by atoms with Gasteiger partial charge in [-0.2, -0.15) is 0 Å². The fourth-order valence-corrected chi connectivity index (χ4v) is 6.26. The van der Waals surface area contributed by atoms with Gasteiger partial charge in [0.15, 0.2) is 0 Å². The predicted octanol–water partition coefficient (Wildman–Crippen LogP) is 4.20. The molecule has 0 aromatic heterocycles. The van der Waals surface area contributed by atoms with Gasteiger partial charge in [-0.05, 0) is 76.5 Å². The number of nitrogens with zero attached hydrogens (tertiary/aromatic N) is 1. The van der Waals surface area contributed by atoms with Crippen molar-refractivity contribution in [3.63, 3.8) is 0 Å². The molecule has 1 radical (unpaired) electrons. The van der Waals surface area contributed by atoms with Gasteiger partial charge < -0.3 is 20.8 Å². The third kappa shape index (κ3) is 8.77. The summed E-state index contributed by atoms with van der Waals surface area (Å²) in [5.41, 5.74) is 1.54. The molecule has 4 rings (SSSR count). The topological polar surface area (TPSA) is 102 Å². The second kappa shape index (κ2) is 14.6. The van der Waals surface area contributed by atoms with Gasteiger partial charge in [0, 0.05) is 73.8 Å². The molecule has 2 aromatic rings. The summed E-state index contributed by atoms with van der Waals surface area (Å²) in [5.74, 6) is 0.804. The first-order valence-electron chi connectivity index (χ1n) is 14.4. The zero-order valence-electron chi connectivity index (χ0n) is 24.4. The number of aromatic hydroxyl groups is 1. The molecule has 0 bridgehead atoms. The van der Waals surface area contributed by atoms with Crippen molar-refractivity contribution in [1.82, 2.24) is 15.5 Å². The number of aliphatic hydroxyl groups is 1. The Kier molecular flexibility index (Phi) is 12.1. The Balaban J connectivity index is 0.00000441. The molecule has 5 unspecified atom stereocenters. The van der Waals surface area contributed by atoms with Crippen LogP contribution in [0, 0.1) is 62.8 Å². The molecule has 0 spiro atoms. The Labute approximate surface area is 275 Å². The third-order valence-corrected chi connectivity index (χ3v) is 8.35. The van der Waals surface area contributed by atoms with E-state index >= 15 is 0 Å². The van der Waals surface area contributed by atoms with E-state index < -0.39 is 12.1 Å². The van der Waals surface area contributed by atoms with E-state index in [1.54, 1.807) is 25.1 Å². The average molecular weight is 763 g/mol. The molecule has 8 heteroatoms. The number of aliphatic hydroxyl groups excluding tert-OH is 1. The first-order valence-corrected chi connectivity index (χ1v) is 14.4. The zero-order valence-corrected chi connectivity index (χ0v) is 29.1. The Morgan fingerprint density at radius 2 is 1.70 bits per heavy atom. The van der Waals surface area contributed by atoms with Crippen LogP contribution in [0.3, 0.4) is 0 Å². The number of likely N-dealkylation sites (tertiary alicyclic amines) is 1. The van der Waals surface area contributed by atoms with E-state index in [1.807, 2.05) is 51.1 Å². The number of benzene rings is 2. The van der Waals surface area contributed by atoms with E-state index in [0.29, 0.717) is 35.9 Å². The number of fused-ring (bicyclic) bond motifs is 1. The minimum absolute atomic E-state index is 0. The molecular formula is C32H45AcN3O4. The van der Waals surface area contributed by atoms with E-state index in [-0.39, 0.29) is 73.2 Å². The van der Waals surface area contributed by atoms with Crippen LogP contribution in [-0.2, 0) is 11.2 Å². The number of hydrogen-bond acceptors (Lipinski definition) is 5. The van der Waals surface area contributed by atoms with Gasteiger partial charge in [0.1, 0.15) is 5.75 Å². The molecule has 5 atom stereocenters. The number of amides is 2. The summed E-state index contributed by atoms with van der Waals surface area (Å²) in [5, 5.41) is 28.0. The SMILES string of the molecule is Cc1c(O)cccc1C(=O)NC(Cc1ccccc1)C(O)CN1CC2CCCCC2CC1C(=O)NC(C)(C)C.[Ac]. The van der Waals surface area contributed by atoms with Crippen LogP contribution in [0.15, 0.2) is 48.5 Å². The van der Waals surface area contributed by atoms with Crippen molar-refractivity contribution in [2.45, 2.75) is 89.9 Å². The molecule has 2 amide bonds. The Morgan fingerprint density at radius 3 is 2.38 bits per heavy atom. The minimum atomic E-state index is -0.892. The molecule has 7 nitrogen and oxygen atoms in total. The van der Waals surface area contributed by atoms with Crippen molar-refractivity contribution in [3.05, 3.63) is 65.2 Å².